The van der Waals surface area contributed by atoms with Crippen LogP contribution in [0, 0.1) is 13.8 Å². The fourth-order valence-corrected chi connectivity index (χ4v) is 11.7. The van der Waals surface area contributed by atoms with Gasteiger partial charge in [0.2, 0.25) is 0 Å². The fourth-order valence-electron chi connectivity index (χ4n) is 5.09. The standard InChI is InChI=1S/C30H37NO2S5.H3P/c1-4-5-6-7-8-9-10-11-12-13-18-31-23-20-27(26-17-16-25(36-26)24-15-14-21(2)34-24)37-29(23)30-28(38(31,32)33)19-22(3)35-30;/h14-17,19-20H,4-13,18H2,1-3H3;1H3. The summed E-state index contributed by atoms with van der Waals surface area (Å²) in [7, 11) is -3.53. The summed E-state index contributed by atoms with van der Waals surface area (Å²) in [6, 6.07) is 12.7. The van der Waals surface area contributed by atoms with Gasteiger partial charge in [0.15, 0.2) is 0 Å². The summed E-state index contributed by atoms with van der Waals surface area (Å²) in [5.41, 5.74) is 0.872. The molecule has 212 valence electrons. The molecular formula is C30H40NO2PS5. The summed E-state index contributed by atoms with van der Waals surface area (Å²) in [5.74, 6) is 0. The van der Waals surface area contributed by atoms with Crippen LogP contribution in [0.25, 0.3) is 29.3 Å². The minimum absolute atomic E-state index is 0. The molecule has 3 nitrogen and oxygen atoms in total. The summed E-state index contributed by atoms with van der Waals surface area (Å²) < 4.78 is 29.2. The predicted molar refractivity (Wildman–Crippen MR) is 181 cm³/mol. The Morgan fingerprint density at radius 2 is 1.23 bits per heavy atom. The monoisotopic (exact) mass is 637 g/mol. The van der Waals surface area contributed by atoms with E-state index < -0.39 is 10.0 Å². The number of unbranched alkanes of at least 4 members (excludes halogenated alkanes) is 9. The lowest BCUT2D eigenvalue weighted by molar-refractivity contribution is 0.555. The molecule has 0 radical (unpaired) electrons. The normalized spacial score (nSPS) is 13.8. The largest absolute Gasteiger partial charge is 0.265 e. The summed E-state index contributed by atoms with van der Waals surface area (Å²) in [4.78, 5) is 9.80. The van der Waals surface area contributed by atoms with Crippen LogP contribution in [0.2, 0.25) is 0 Å². The Morgan fingerprint density at radius 1 is 0.641 bits per heavy atom. The van der Waals surface area contributed by atoms with Gasteiger partial charge in [0, 0.05) is 35.8 Å². The minimum Gasteiger partial charge on any atom is -0.265 e. The highest BCUT2D eigenvalue weighted by molar-refractivity contribution is 7.93. The quantitative estimate of drug-likeness (QED) is 0.108. The molecule has 0 bridgehead atoms. The van der Waals surface area contributed by atoms with E-state index in [4.69, 9.17) is 0 Å². The molecule has 0 amide bonds. The SMILES string of the molecule is CCCCCCCCCCCCN1c2cc(-c3ccc(-c4ccc(C)s4)s3)sc2-c2sc(C)cc2S1(=O)=O.P. The second kappa shape index (κ2) is 13.8. The molecule has 0 saturated carbocycles. The molecule has 0 fully saturated rings. The summed E-state index contributed by atoms with van der Waals surface area (Å²) in [6.45, 7) is 6.96. The van der Waals surface area contributed by atoms with E-state index in [9.17, 15) is 8.42 Å². The van der Waals surface area contributed by atoms with Crippen LogP contribution in [-0.2, 0) is 10.0 Å². The Labute approximate surface area is 254 Å². The number of rotatable bonds is 13. The number of thiophene rings is 4. The lowest BCUT2D eigenvalue weighted by Crippen LogP contribution is -2.34. The van der Waals surface area contributed by atoms with Crippen molar-refractivity contribution in [1.82, 2.24) is 0 Å². The zero-order chi connectivity index (χ0) is 26.7. The molecule has 1 aliphatic heterocycles. The Hall–Kier alpha value is -1.02. The number of fused-ring (bicyclic) bond motifs is 3. The van der Waals surface area contributed by atoms with Crippen molar-refractivity contribution in [3.8, 4) is 29.3 Å². The van der Waals surface area contributed by atoms with E-state index in [1.165, 1.54) is 70.9 Å². The Morgan fingerprint density at radius 3 is 1.87 bits per heavy atom. The molecule has 1 aliphatic rings. The highest BCUT2D eigenvalue weighted by atomic mass is 32.2. The third-order valence-corrected chi connectivity index (χ3v) is 13.9. The molecule has 39 heavy (non-hydrogen) atoms. The number of hydrogen-bond donors (Lipinski definition) is 0. The summed E-state index contributed by atoms with van der Waals surface area (Å²) >= 11 is 6.96. The van der Waals surface area contributed by atoms with Crippen molar-refractivity contribution in [3.63, 3.8) is 0 Å². The van der Waals surface area contributed by atoms with Gasteiger partial charge in [-0.05, 0) is 56.7 Å². The second-order valence-corrected chi connectivity index (χ2v) is 16.7. The van der Waals surface area contributed by atoms with E-state index in [1.54, 1.807) is 38.3 Å². The molecule has 0 saturated heterocycles. The smallest absolute Gasteiger partial charge is 0.265 e. The van der Waals surface area contributed by atoms with Crippen molar-refractivity contribution in [2.45, 2.75) is 89.9 Å². The molecule has 4 aromatic heterocycles. The molecule has 1 unspecified atom stereocenters. The van der Waals surface area contributed by atoms with Crippen molar-refractivity contribution in [3.05, 3.63) is 46.2 Å². The fraction of sp³-hybridized carbons (Fsp3) is 0.467. The Kier molecular flexibility index (Phi) is 10.9. The Balaban J connectivity index is 0.00000353. The van der Waals surface area contributed by atoms with E-state index in [-0.39, 0.29) is 9.90 Å². The Bertz CT molecular complexity index is 1480. The highest BCUT2D eigenvalue weighted by Crippen LogP contribution is 2.54. The molecule has 1 atom stereocenters. The van der Waals surface area contributed by atoms with E-state index in [1.807, 2.05) is 24.3 Å². The van der Waals surface area contributed by atoms with E-state index >= 15 is 0 Å². The number of anilines is 1. The lowest BCUT2D eigenvalue weighted by Gasteiger charge is -2.28. The van der Waals surface area contributed by atoms with Gasteiger partial charge in [0.25, 0.3) is 10.0 Å². The summed E-state index contributed by atoms with van der Waals surface area (Å²) in [6.07, 6.45) is 12.4. The van der Waals surface area contributed by atoms with Crippen molar-refractivity contribution in [1.29, 1.82) is 0 Å². The van der Waals surface area contributed by atoms with Crippen molar-refractivity contribution in [2.24, 2.45) is 0 Å². The van der Waals surface area contributed by atoms with Crippen molar-refractivity contribution in [2.75, 3.05) is 10.8 Å². The maximum atomic E-state index is 13.8. The molecule has 4 aromatic rings. The van der Waals surface area contributed by atoms with Crippen LogP contribution in [-0.4, -0.2) is 15.0 Å². The van der Waals surface area contributed by atoms with Crippen LogP contribution in [0.15, 0.2) is 41.3 Å². The molecule has 0 aliphatic carbocycles. The van der Waals surface area contributed by atoms with E-state index in [0.717, 1.165) is 38.0 Å². The molecule has 0 N–H and O–H groups in total. The highest BCUT2D eigenvalue weighted by Gasteiger charge is 2.38. The summed E-state index contributed by atoms with van der Waals surface area (Å²) in [5, 5.41) is 0. The van der Waals surface area contributed by atoms with Gasteiger partial charge in [-0.15, -0.1) is 45.3 Å². The average molecular weight is 638 g/mol. The van der Waals surface area contributed by atoms with Crippen LogP contribution >= 0.6 is 55.2 Å². The number of hydrogen-bond acceptors (Lipinski definition) is 6. The van der Waals surface area contributed by atoms with Crippen LogP contribution in [0.3, 0.4) is 0 Å². The van der Waals surface area contributed by atoms with Gasteiger partial charge in [-0.25, -0.2) is 8.42 Å². The molecule has 5 rings (SSSR count). The first-order valence-corrected chi connectivity index (χ1v) is 18.5. The first-order chi connectivity index (χ1) is 18.4. The number of sulfonamides is 1. The second-order valence-electron chi connectivity index (χ2n) is 10.2. The van der Waals surface area contributed by atoms with Crippen LogP contribution < -0.4 is 4.31 Å². The lowest BCUT2D eigenvalue weighted by atomic mass is 10.1. The average Bonchev–Trinajstić information content (AvgIpc) is 3.67. The third kappa shape index (κ3) is 6.90. The molecule has 5 heterocycles. The minimum atomic E-state index is -3.53. The van der Waals surface area contributed by atoms with Crippen molar-refractivity contribution >= 4 is 71.0 Å². The van der Waals surface area contributed by atoms with Crippen LogP contribution in [0.5, 0.6) is 0 Å². The van der Waals surface area contributed by atoms with Gasteiger partial charge in [0.1, 0.15) is 4.90 Å². The van der Waals surface area contributed by atoms with E-state index in [0.29, 0.717) is 11.4 Å². The van der Waals surface area contributed by atoms with Gasteiger partial charge < -0.3 is 0 Å². The van der Waals surface area contributed by atoms with E-state index in [2.05, 4.69) is 44.2 Å². The van der Waals surface area contributed by atoms with Crippen molar-refractivity contribution < 1.29 is 8.42 Å². The topological polar surface area (TPSA) is 37.4 Å². The number of nitrogens with zero attached hydrogens (tertiary/aromatic N) is 1. The zero-order valence-corrected chi connectivity index (χ0v) is 28.8. The first kappa shape index (κ1) is 30.9. The molecule has 0 spiro atoms. The van der Waals surface area contributed by atoms with Crippen LogP contribution in [0.4, 0.5) is 5.69 Å². The maximum absolute atomic E-state index is 13.8. The molecular weight excluding hydrogens is 598 g/mol. The zero-order valence-electron chi connectivity index (χ0n) is 23.3. The molecule has 0 aromatic carbocycles. The van der Waals surface area contributed by atoms with Gasteiger partial charge in [-0.2, -0.15) is 9.90 Å². The maximum Gasteiger partial charge on any atom is 0.265 e. The van der Waals surface area contributed by atoms with Gasteiger partial charge in [-0.3, -0.25) is 4.31 Å². The van der Waals surface area contributed by atoms with Crippen LogP contribution in [0.1, 0.15) is 80.9 Å². The third-order valence-electron chi connectivity index (χ3n) is 7.12. The van der Waals surface area contributed by atoms with Gasteiger partial charge in [-0.1, -0.05) is 64.7 Å². The predicted octanol–water partition coefficient (Wildman–Crippen LogP) is 11.0. The van der Waals surface area contributed by atoms with Gasteiger partial charge in [0.05, 0.1) is 15.4 Å². The number of aryl methyl sites for hydroxylation is 2. The van der Waals surface area contributed by atoms with Gasteiger partial charge >= 0.3 is 0 Å². The first-order valence-electron chi connectivity index (χ1n) is 13.8. The molecule has 9 heteroatoms.